The minimum Gasteiger partial charge on any atom is -0.387 e. The molecule has 0 fully saturated rings. The zero-order valence-corrected chi connectivity index (χ0v) is 8.78. The molecule has 1 unspecified atom stereocenters. The summed E-state index contributed by atoms with van der Waals surface area (Å²) in [6.07, 6.45) is 0.722. The first-order valence-corrected chi connectivity index (χ1v) is 5.54. The predicted octanol–water partition coefficient (Wildman–Crippen LogP) is 2.74. The summed E-state index contributed by atoms with van der Waals surface area (Å²) in [6, 6.07) is 4.07. The minimum atomic E-state index is -0.333. The molecule has 1 N–H and O–H groups in total. The summed E-state index contributed by atoms with van der Waals surface area (Å²) in [5.41, 5.74) is 0. The third-order valence-corrected chi connectivity index (χ3v) is 3.45. The van der Waals surface area contributed by atoms with Crippen molar-refractivity contribution in [1.29, 1.82) is 0 Å². The zero-order chi connectivity index (χ0) is 8.27. The Morgan fingerprint density at radius 1 is 1.64 bits per heavy atom. The summed E-state index contributed by atoms with van der Waals surface area (Å²) < 4.78 is 0. The van der Waals surface area contributed by atoms with Crippen molar-refractivity contribution < 1.29 is 5.11 Å². The summed E-state index contributed by atoms with van der Waals surface area (Å²) in [5, 5.41) is 10.0. The van der Waals surface area contributed by atoms with Crippen molar-refractivity contribution in [2.45, 2.75) is 19.4 Å². The molecule has 1 rings (SSSR count). The molecule has 0 spiro atoms. The van der Waals surface area contributed by atoms with E-state index in [0.29, 0.717) is 5.33 Å². The number of aliphatic hydroxyl groups is 1. The second-order valence-electron chi connectivity index (χ2n) is 2.33. The van der Waals surface area contributed by atoms with Crippen molar-refractivity contribution >= 4 is 27.3 Å². The minimum absolute atomic E-state index is 0.333. The molecular formula is C8H11BrOS. The number of alkyl halides is 1. The molecule has 0 aliphatic carbocycles. The highest BCUT2D eigenvalue weighted by atomic mass is 79.9. The van der Waals surface area contributed by atoms with Crippen molar-refractivity contribution in [2.24, 2.45) is 0 Å². The maximum Gasteiger partial charge on any atom is 0.0978 e. The highest BCUT2D eigenvalue weighted by molar-refractivity contribution is 9.09. The molecule has 0 saturated heterocycles. The maximum atomic E-state index is 9.40. The monoisotopic (exact) mass is 234 g/mol. The van der Waals surface area contributed by atoms with Gasteiger partial charge in [-0.05, 0) is 18.6 Å². The van der Waals surface area contributed by atoms with Gasteiger partial charge in [0.25, 0.3) is 0 Å². The number of aliphatic hydroxyl groups excluding tert-OH is 1. The quantitative estimate of drug-likeness (QED) is 0.798. The van der Waals surface area contributed by atoms with Crippen LogP contribution in [-0.2, 0) is 6.42 Å². The molecule has 3 heteroatoms. The smallest absolute Gasteiger partial charge is 0.0978 e. The van der Waals surface area contributed by atoms with Crippen LogP contribution in [0.1, 0.15) is 22.8 Å². The Labute approximate surface area is 79.2 Å². The molecule has 1 heterocycles. The molecule has 0 aromatic carbocycles. The molecule has 1 aromatic rings. The van der Waals surface area contributed by atoms with Crippen LogP contribution >= 0.6 is 27.3 Å². The molecule has 1 atom stereocenters. The largest absolute Gasteiger partial charge is 0.387 e. The Bertz CT molecular complexity index is 222. The molecule has 0 aliphatic rings. The Hall–Kier alpha value is 0.140. The lowest BCUT2D eigenvalue weighted by Gasteiger charge is -2.00. The molecule has 0 saturated carbocycles. The van der Waals surface area contributed by atoms with E-state index in [-0.39, 0.29) is 6.10 Å². The van der Waals surface area contributed by atoms with Crippen LogP contribution in [0.15, 0.2) is 12.1 Å². The van der Waals surface area contributed by atoms with E-state index in [9.17, 15) is 5.11 Å². The number of hydrogen-bond acceptors (Lipinski definition) is 2. The first-order chi connectivity index (χ1) is 5.27. The predicted molar refractivity (Wildman–Crippen MR) is 52.5 cm³/mol. The van der Waals surface area contributed by atoms with Gasteiger partial charge in [-0.3, -0.25) is 0 Å². The Morgan fingerprint density at radius 2 is 2.36 bits per heavy atom. The summed E-state index contributed by atoms with van der Waals surface area (Å²) in [7, 11) is 0. The lowest BCUT2D eigenvalue weighted by molar-refractivity contribution is 0.209. The van der Waals surface area contributed by atoms with Crippen LogP contribution in [-0.4, -0.2) is 10.4 Å². The molecule has 0 radical (unpaired) electrons. The lowest BCUT2D eigenvalue weighted by atomic mass is 10.3. The van der Waals surface area contributed by atoms with E-state index in [0.717, 1.165) is 11.3 Å². The van der Waals surface area contributed by atoms with Crippen LogP contribution in [0.5, 0.6) is 0 Å². The van der Waals surface area contributed by atoms with Gasteiger partial charge in [-0.1, -0.05) is 22.9 Å². The first kappa shape index (κ1) is 9.23. The van der Waals surface area contributed by atoms with Crippen LogP contribution < -0.4 is 0 Å². The Morgan fingerprint density at radius 3 is 2.82 bits per heavy atom. The highest BCUT2D eigenvalue weighted by Gasteiger charge is 2.07. The Balaban J connectivity index is 2.71. The van der Waals surface area contributed by atoms with Crippen LogP contribution in [0.3, 0.4) is 0 Å². The molecule has 0 aliphatic heterocycles. The van der Waals surface area contributed by atoms with Crippen molar-refractivity contribution in [3.63, 3.8) is 0 Å². The van der Waals surface area contributed by atoms with E-state index in [4.69, 9.17) is 0 Å². The van der Waals surface area contributed by atoms with E-state index >= 15 is 0 Å². The molecular weight excluding hydrogens is 224 g/mol. The van der Waals surface area contributed by atoms with Gasteiger partial charge in [0.2, 0.25) is 0 Å². The fourth-order valence-corrected chi connectivity index (χ4v) is 2.34. The molecule has 62 valence electrons. The second kappa shape index (κ2) is 4.24. The van der Waals surface area contributed by atoms with Gasteiger partial charge in [0.1, 0.15) is 0 Å². The lowest BCUT2D eigenvalue weighted by Crippen LogP contribution is -1.93. The van der Waals surface area contributed by atoms with Gasteiger partial charge in [0, 0.05) is 15.1 Å². The van der Waals surface area contributed by atoms with Gasteiger partial charge in [-0.2, -0.15) is 0 Å². The molecule has 1 nitrogen and oxygen atoms in total. The van der Waals surface area contributed by atoms with Gasteiger partial charge in [0.05, 0.1) is 6.10 Å². The normalized spacial score (nSPS) is 13.4. The Kier molecular flexibility index (Phi) is 3.55. The number of rotatable bonds is 3. The van der Waals surface area contributed by atoms with Crippen LogP contribution in [0.25, 0.3) is 0 Å². The second-order valence-corrected chi connectivity index (χ2v) is 4.18. The van der Waals surface area contributed by atoms with Crippen molar-refractivity contribution in [3.05, 3.63) is 21.9 Å². The first-order valence-electron chi connectivity index (χ1n) is 3.60. The van der Waals surface area contributed by atoms with Crippen LogP contribution in [0.4, 0.5) is 0 Å². The molecule has 0 bridgehead atoms. The van der Waals surface area contributed by atoms with E-state index in [2.05, 4.69) is 28.9 Å². The summed E-state index contributed by atoms with van der Waals surface area (Å²) in [5.74, 6) is 0. The van der Waals surface area contributed by atoms with Gasteiger partial charge < -0.3 is 5.11 Å². The van der Waals surface area contributed by atoms with E-state index in [1.807, 2.05) is 6.07 Å². The summed E-state index contributed by atoms with van der Waals surface area (Å²) in [6.45, 7) is 2.12. The van der Waals surface area contributed by atoms with Gasteiger partial charge in [-0.25, -0.2) is 0 Å². The number of halogens is 1. The maximum absolute atomic E-state index is 9.40. The topological polar surface area (TPSA) is 20.2 Å². The zero-order valence-electron chi connectivity index (χ0n) is 6.38. The highest BCUT2D eigenvalue weighted by Crippen LogP contribution is 2.24. The van der Waals surface area contributed by atoms with Gasteiger partial charge in [-0.15, -0.1) is 11.3 Å². The average Bonchev–Trinajstić information content (AvgIpc) is 2.50. The van der Waals surface area contributed by atoms with Crippen LogP contribution in [0.2, 0.25) is 0 Å². The average molecular weight is 235 g/mol. The van der Waals surface area contributed by atoms with Crippen LogP contribution in [0, 0.1) is 0 Å². The van der Waals surface area contributed by atoms with E-state index < -0.39 is 0 Å². The fourth-order valence-electron chi connectivity index (χ4n) is 0.840. The van der Waals surface area contributed by atoms with E-state index in [1.54, 1.807) is 11.3 Å². The molecule has 0 amide bonds. The third-order valence-electron chi connectivity index (χ3n) is 1.51. The summed E-state index contributed by atoms with van der Waals surface area (Å²) >= 11 is 4.92. The van der Waals surface area contributed by atoms with Gasteiger partial charge >= 0.3 is 0 Å². The summed E-state index contributed by atoms with van der Waals surface area (Å²) in [4.78, 5) is 2.39. The SMILES string of the molecule is CCc1ccc(C(O)CBr)s1. The third kappa shape index (κ3) is 2.29. The van der Waals surface area contributed by atoms with Crippen molar-refractivity contribution in [1.82, 2.24) is 0 Å². The number of aryl methyl sites for hydroxylation is 1. The molecule has 1 aromatic heterocycles. The van der Waals surface area contributed by atoms with Gasteiger partial charge in [0.15, 0.2) is 0 Å². The number of thiophene rings is 1. The fraction of sp³-hybridized carbons (Fsp3) is 0.500. The number of hydrogen-bond donors (Lipinski definition) is 1. The standard InChI is InChI=1S/C8H11BrOS/c1-2-6-3-4-8(11-6)7(10)5-9/h3-4,7,10H,2,5H2,1H3. The van der Waals surface area contributed by atoms with E-state index in [1.165, 1.54) is 4.88 Å². The van der Waals surface area contributed by atoms with Crippen molar-refractivity contribution in [2.75, 3.05) is 5.33 Å². The van der Waals surface area contributed by atoms with Crippen molar-refractivity contribution in [3.8, 4) is 0 Å². The molecule has 11 heavy (non-hydrogen) atoms.